The van der Waals surface area contributed by atoms with Crippen LogP contribution in [0.2, 0.25) is 5.02 Å². The molecule has 0 radical (unpaired) electrons. The number of halogens is 1. The maximum atomic E-state index is 6.67. The minimum absolute atomic E-state index is 0.300. The summed E-state index contributed by atoms with van der Waals surface area (Å²) in [4.78, 5) is 9.26. The maximum absolute atomic E-state index is 6.67. The van der Waals surface area contributed by atoms with Crippen LogP contribution in [0.15, 0.2) is 48.5 Å². The Labute approximate surface area is 164 Å². The van der Waals surface area contributed by atoms with Crippen LogP contribution < -0.4 is 0 Å². The van der Waals surface area contributed by atoms with Gasteiger partial charge in [0.1, 0.15) is 0 Å². The van der Waals surface area contributed by atoms with E-state index in [9.17, 15) is 0 Å². The highest BCUT2D eigenvalue weighted by molar-refractivity contribution is 6.31. The Kier molecular flexibility index (Phi) is 3.65. The summed E-state index contributed by atoms with van der Waals surface area (Å²) in [5.74, 6) is 0. The summed E-state index contributed by atoms with van der Waals surface area (Å²) >= 11 is 6.67. The standard InChI is InChI=1S/C23H24ClN3/c24-18-9-3-1-8-17(18)23-26-13-6-5-11-20(26)22-21-16(12-14-27(22)23)15-7-2-4-10-19(15)25-21/h1-4,7-10,20,22-23,25H,5-6,11-14H2/t20-,22?,23?/m1/s1. The van der Waals surface area contributed by atoms with E-state index in [1.165, 1.54) is 53.5 Å². The summed E-state index contributed by atoms with van der Waals surface area (Å²) in [5, 5.41) is 2.31. The molecular weight excluding hydrogens is 354 g/mol. The van der Waals surface area contributed by atoms with Crippen molar-refractivity contribution in [3.05, 3.63) is 70.4 Å². The lowest BCUT2D eigenvalue weighted by molar-refractivity contribution is 0.0978. The molecule has 2 saturated heterocycles. The first kappa shape index (κ1) is 16.2. The van der Waals surface area contributed by atoms with Crippen LogP contribution in [-0.4, -0.2) is 33.9 Å². The molecule has 3 aromatic rings. The van der Waals surface area contributed by atoms with Crippen molar-refractivity contribution in [2.75, 3.05) is 13.1 Å². The number of aromatic amines is 1. The minimum atomic E-state index is 0.300. The number of H-pyrrole nitrogens is 1. The van der Waals surface area contributed by atoms with Crippen molar-refractivity contribution >= 4 is 22.5 Å². The molecule has 3 aliphatic rings. The Morgan fingerprint density at radius 2 is 1.78 bits per heavy atom. The summed E-state index contributed by atoms with van der Waals surface area (Å²) in [7, 11) is 0. The third-order valence-electron chi connectivity index (χ3n) is 6.89. The van der Waals surface area contributed by atoms with E-state index in [0.717, 1.165) is 18.0 Å². The van der Waals surface area contributed by atoms with Crippen LogP contribution in [0.3, 0.4) is 0 Å². The van der Waals surface area contributed by atoms with Gasteiger partial charge in [0.05, 0.1) is 12.2 Å². The van der Waals surface area contributed by atoms with Crippen molar-refractivity contribution in [2.45, 2.75) is 43.9 Å². The lowest BCUT2D eigenvalue weighted by atomic mass is 9.90. The molecule has 0 saturated carbocycles. The third kappa shape index (κ3) is 2.29. The summed E-state index contributed by atoms with van der Waals surface area (Å²) in [6.45, 7) is 2.27. The number of aromatic nitrogens is 1. The van der Waals surface area contributed by atoms with Crippen LogP contribution in [0.5, 0.6) is 0 Å². The molecule has 0 spiro atoms. The van der Waals surface area contributed by atoms with Crippen LogP contribution in [0.1, 0.15) is 48.3 Å². The van der Waals surface area contributed by atoms with E-state index in [-0.39, 0.29) is 0 Å². The first-order valence-corrected chi connectivity index (χ1v) is 10.6. The van der Waals surface area contributed by atoms with Gasteiger partial charge in [-0.05, 0) is 37.0 Å². The van der Waals surface area contributed by atoms with Gasteiger partial charge in [-0.25, -0.2) is 0 Å². The molecule has 3 aliphatic heterocycles. The molecule has 4 heteroatoms. The fourth-order valence-corrected chi connectivity index (χ4v) is 6.06. The van der Waals surface area contributed by atoms with Gasteiger partial charge in [0, 0.05) is 46.3 Å². The third-order valence-corrected chi connectivity index (χ3v) is 7.23. The second kappa shape index (κ2) is 6.10. The Hall–Kier alpha value is -1.81. The number of piperidine rings is 1. The van der Waals surface area contributed by atoms with Gasteiger partial charge >= 0.3 is 0 Å². The molecule has 6 rings (SSSR count). The number of nitrogens with one attached hydrogen (secondary N) is 1. The minimum Gasteiger partial charge on any atom is -0.357 e. The quantitative estimate of drug-likeness (QED) is 0.622. The number of benzene rings is 2. The molecule has 1 aromatic heterocycles. The molecule has 4 heterocycles. The van der Waals surface area contributed by atoms with E-state index < -0.39 is 0 Å². The van der Waals surface area contributed by atoms with Crippen molar-refractivity contribution in [3.63, 3.8) is 0 Å². The van der Waals surface area contributed by atoms with Crippen molar-refractivity contribution in [2.24, 2.45) is 0 Å². The van der Waals surface area contributed by atoms with Crippen LogP contribution in [-0.2, 0) is 6.42 Å². The van der Waals surface area contributed by atoms with Gasteiger partial charge in [-0.15, -0.1) is 0 Å². The highest BCUT2D eigenvalue weighted by atomic mass is 35.5. The van der Waals surface area contributed by atoms with Gasteiger partial charge in [0.2, 0.25) is 0 Å². The van der Waals surface area contributed by atoms with Crippen LogP contribution >= 0.6 is 11.6 Å². The lowest BCUT2D eigenvalue weighted by Crippen LogP contribution is -2.38. The van der Waals surface area contributed by atoms with E-state index in [1.807, 2.05) is 12.1 Å². The number of hydrogen-bond donors (Lipinski definition) is 1. The molecule has 3 atom stereocenters. The molecule has 2 fully saturated rings. The van der Waals surface area contributed by atoms with E-state index in [0.29, 0.717) is 18.2 Å². The summed E-state index contributed by atoms with van der Waals surface area (Å²) in [6, 6.07) is 18.3. The zero-order chi connectivity index (χ0) is 18.0. The second-order valence-electron chi connectivity index (χ2n) is 8.19. The molecule has 27 heavy (non-hydrogen) atoms. The van der Waals surface area contributed by atoms with Crippen molar-refractivity contribution in [1.29, 1.82) is 0 Å². The highest BCUT2D eigenvalue weighted by Gasteiger charge is 2.51. The van der Waals surface area contributed by atoms with Gasteiger partial charge in [-0.3, -0.25) is 9.80 Å². The van der Waals surface area contributed by atoms with Crippen molar-refractivity contribution < 1.29 is 0 Å². The number of rotatable bonds is 1. The van der Waals surface area contributed by atoms with Crippen molar-refractivity contribution in [1.82, 2.24) is 14.8 Å². The molecule has 3 nitrogen and oxygen atoms in total. The molecule has 0 bridgehead atoms. The molecule has 138 valence electrons. The highest BCUT2D eigenvalue weighted by Crippen LogP contribution is 2.52. The molecule has 2 unspecified atom stereocenters. The summed E-state index contributed by atoms with van der Waals surface area (Å²) in [5.41, 5.74) is 5.55. The molecule has 0 aliphatic carbocycles. The fraction of sp³-hybridized carbons (Fsp3) is 0.391. The average Bonchev–Trinajstić information content (AvgIpc) is 3.24. The van der Waals surface area contributed by atoms with Gasteiger partial charge in [0.25, 0.3) is 0 Å². The van der Waals surface area contributed by atoms with Gasteiger partial charge in [0.15, 0.2) is 0 Å². The summed E-state index contributed by atoms with van der Waals surface area (Å²) in [6.07, 6.45) is 5.30. The zero-order valence-corrected chi connectivity index (χ0v) is 16.1. The topological polar surface area (TPSA) is 22.3 Å². The van der Waals surface area contributed by atoms with E-state index >= 15 is 0 Å². The Morgan fingerprint density at radius 3 is 2.70 bits per heavy atom. The van der Waals surface area contributed by atoms with Crippen LogP contribution in [0.4, 0.5) is 0 Å². The Balaban J connectivity index is 1.52. The maximum Gasteiger partial charge on any atom is 0.0910 e. The van der Waals surface area contributed by atoms with E-state index in [1.54, 1.807) is 0 Å². The first-order valence-electron chi connectivity index (χ1n) is 10.2. The zero-order valence-electron chi connectivity index (χ0n) is 15.4. The normalized spacial score (nSPS) is 28.1. The predicted octanol–water partition coefficient (Wildman–Crippen LogP) is 5.29. The number of fused-ring (bicyclic) bond motifs is 7. The second-order valence-corrected chi connectivity index (χ2v) is 8.60. The molecule has 2 aromatic carbocycles. The molecule has 0 amide bonds. The van der Waals surface area contributed by atoms with Gasteiger partial charge in [-0.1, -0.05) is 54.4 Å². The average molecular weight is 378 g/mol. The fourth-order valence-electron chi connectivity index (χ4n) is 5.83. The largest absolute Gasteiger partial charge is 0.357 e. The van der Waals surface area contributed by atoms with Crippen LogP contribution in [0, 0.1) is 0 Å². The Bertz CT molecular complexity index is 1010. The van der Waals surface area contributed by atoms with E-state index in [2.05, 4.69) is 51.2 Å². The van der Waals surface area contributed by atoms with E-state index in [4.69, 9.17) is 11.6 Å². The van der Waals surface area contributed by atoms with Gasteiger partial charge < -0.3 is 4.98 Å². The lowest BCUT2D eigenvalue weighted by Gasteiger charge is -2.35. The smallest absolute Gasteiger partial charge is 0.0910 e. The van der Waals surface area contributed by atoms with Gasteiger partial charge in [-0.2, -0.15) is 0 Å². The Morgan fingerprint density at radius 1 is 0.926 bits per heavy atom. The number of nitrogens with zero attached hydrogens (tertiary/aromatic N) is 2. The summed E-state index contributed by atoms with van der Waals surface area (Å²) < 4.78 is 0. The first-order chi connectivity index (χ1) is 13.3. The SMILES string of the molecule is Clc1ccccc1C1N2CCc3c([nH]c4ccccc34)C2[C@H]2CCCCN12. The van der Waals surface area contributed by atoms with Crippen molar-refractivity contribution in [3.8, 4) is 0 Å². The molecule has 1 N–H and O–H groups in total. The molecular formula is C23H24ClN3. The number of hydrogen-bond acceptors (Lipinski definition) is 2. The monoisotopic (exact) mass is 377 g/mol. The predicted molar refractivity (Wildman–Crippen MR) is 110 cm³/mol. The van der Waals surface area contributed by atoms with Crippen LogP contribution in [0.25, 0.3) is 10.9 Å². The number of para-hydroxylation sites is 1.